The van der Waals surface area contributed by atoms with E-state index in [4.69, 9.17) is 0 Å². The smallest absolute Gasteiger partial charge is 0.273 e. The summed E-state index contributed by atoms with van der Waals surface area (Å²) in [6.07, 6.45) is 0.809. The van der Waals surface area contributed by atoms with Gasteiger partial charge in [0.1, 0.15) is 5.82 Å². The lowest BCUT2D eigenvalue weighted by molar-refractivity contribution is -0.385. The van der Waals surface area contributed by atoms with E-state index >= 15 is 0 Å². The van der Waals surface area contributed by atoms with Crippen LogP contribution in [0.5, 0.6) is 0 Å². The van der Waals surface area contributed by atoms with Gasteiger partial charge in [-0.15, -0.1) is 0 Å². The van der Waals surface area contributed by atoms with Crippen molar-refractivity contribution in [1.29, 1.82) is 0 Å². The zero-order valence-electron chi connectivity index (χ0n) is 10.3. The first-order valence-electron chi connectivity index (χ1n) is 6.03. The van der Waals surface area contributed by atoms with Crippen LogP contribution in [0.1, 0.15) is 16.8 Å². The van der Waals surface area contributed by atoms with Crippen molar-refractivity contribution in [3.05, 3.63) is 39.7 Å². The molecule has 0 bridgehead atoms. The molecule has 6 nitrogen and oxygen atoms in total. The molecule has 7 heteroatoms. The molecule has 1 aliphatic heterocycles. The van der Waals surface area contributed by atoms with Crippen LogP contribution in [0, 0.1) is 15.9 Å². The van der Waals surface area contributed by atoms with Crippen LogP contribution >= 0.6 is 0 Å². The number of amides is 1. The molecule has 2 rings (SSSR count). The van der Waals surface area contributed by atoms with Crippen molar-refractivity contribution in [2.24, 2.45) is 0 Å². The molecule has 0 saturated carbocycles. The molecule has 19 heavy (non-hydrogen) atoms. The number of hydrogen-bond acceptors (Lipinski definition) is 4. The summed E-state index contributed by atoms with van der Waals surface area (Å²) in [6.45, 7) is 2.58. The highest BCUT2D eigenvalue weighted by molar-refractivity contribution is 5.94. The average molecular weight is 267 g/mol. The van der Waals surface area contributed by atoms with Gasteiger partial charge in [-0.25, -0.2) is 4.39 Å². The number of nitrogens with one attached hydrogen (secondary N) is 1. The first kappa shape index (κ1) is 13.4. The molecule has 0 atom stereocenters. The SMILES string of the molecule is O=C(c1cc(F)cc([N+](=O)[O-])c1)N1CCCNCC1. The maximum absolute atomic E-state index is 13.3. The molecule has 1 aromatic carbocycles. The molecular formula is C12H14FN3O3. The number of nitro benzene ring substituents is 1. The summed E-state index contributed by atoms with van der Waals surface area (Å²) in [5, 5.41) is 13.8. The van der Waals surface area contributed by atoms with Crippen LogP contribution in [0.15, 0.2) is 18.2 Å². The third kappa shape index (κ3) is 3.25. The molecule has 1 heterocycles. The van der Waals surface area contributed by atoms with Crippen molar-refractivity contribution in [2.45, 2.75) is 6.42 Å². The fourth-order valence-electron chi connectivity index (χ4n) is 2.03. The van der Waals surface area contributed by atoms with Crippen molar-refractivity contribution in [3.8, 4) is 0 Å². The van der Waals surface area contributed by atoms with Crippen LogP contribution in [-0.4, -0.2) is 41.9 Å². The number of nitrogens with zero attached hydrogens (tertiary/aromatic N) is 2. The first-order valence-corrected chi connectivity index (χ1v) is 6.03. The second-order valence-electron chi connectivity index (χ2n) is 4.35. The second kappa shape index (κ2) is 5.75. The lowest BCUT2D eigenvalue weighted by Gasteiger charge is -2.19. The van der Waals surface area contributed by atoms with Gasteiger partial charge in [-0.3, -0.25) is 14.9 Å². The molecular weight excluding hydrogens is 253 g/mol. The molecule has 0 aromatic heterocycles. The van der Waals surface area contributed by atoms with E-state index < -0.39 is 16.4 Å². The van der Waals surface area contributed by atoms with Gasteiger partial charge in [0.2, 0.25) is 0 Å². The zero-order chi connectivity index (χ0) is 13.8. The monoisotopic (exact) mass is 267 g/mol. The summed E-state index contributed by atoms with van der Waals surface area (Å²) < 4.78 is 13.3. The minimum absolute atomic E-state index is 0.0219. The molecule has 1 aromatic rings. The molecule has 1 N–H and O–H groups in total. The lowest BCUT2D eigenvalue weighted by Crippen LogP contribution is -2.34. The fraction of sp³-hybridized carbons (Fsp3) is 0.417. The topological polar surface area (TPSA) is 75.5 Å². The number of rotatable bonds is 2. The Balaban J connectivity index is 2.24. The van der Waals surface area contributed by atoms with Crippen molar-refractivity contribution in [2.75, 3.05) is 26.2 Å². The number of non-ortho nitro benzene ring substituents is 1. The Labute approximate surface area is 109 Å². The Bertz CT molecular complexity index is 499. The van der Waals surface area contributed by atoms with Crippen LogP contribution in [0.2, 0.25) is 0 Å². The molecule has 0 spiro atoms. The van der Waals surface area contributed by atoms with E-state index in [1.807, 2.05) is 0 Å². The van der Waals surface area contributed by atoms with E-state index in [2.05, 4.69) is 5.32 Å². The van der Waals surface area contributed by atoms with Crippen molar-refractivity contribution < 1.29 is 14.1 Å². The van der Waals surface area contributed by atoms with Gasteiger partial charge in [0.05, 0.1) is 11.0 Å². The fourth-order valence-corrected chi connectivity index (χ4v) is 2.03. The van der Waals surface area contributed by atoms with Gasteiger partial charge in [-0.05, 0) is 19.0 Å². The first-order chi connectivity index (χ1) is 9.08. The van der Waals surface area contributed by atoms with E-state index in [1.54, 1.807) is 4.90 Å². The van der Waals surface area contributed by atoms with E-state index in [1.165, 1.54) is 0 Å². The normalized spacial score (nSPS) is 15.9. The lowest BCUT2D eigenvalue weighted by atomic mass is 10.1. The Kier molecular flexibility index (Phi) is 4.06. The Morgan fingerprint density at radius 1 is 1.32 bits per heavy atom. The number of nitro groups is 1. The van der Waals surface area contributed by atoms with Gasteiger partial charge in [-0.2, -0.15) is 0 Å². The molecule has 1 saturated heterocycles. The summed E-state index contributed by atoms with van der Waals surface area (Å²) >= 11 is 0. The Morgan fingerprint density at radius 2 is 2.11 bits per heavy atom. The van der Waals surface area contributed by atoms with Crippen LogP contribution < -0.4 is 5.32 Å². The predicted octanol–water partition coefficient (Wildman–Crippen LogP) is 1.17. The quantitative estimate of drug-likeness (QED) is 0.644. The summed E-state index contributed by atoms with van der Waals surface area (Å²) in [6, 6.07) is 2.96. The largest absolute Gasteiger partial charge is 0.337 e. The number of halogens is 1. The van der Waals surface area contributed by atoms with E-state index in [0.717, 1.165) is 31.2 Å². The average Bonchev–Trinajstić information content (AvgIpc) is 2.65. The number of hydrogen-bond donors (Lipinski definition) is 1. The maximum Gasteiger partial charge on any atom is 0.273 e. The highest BCUT2D eigenvalue weighted by Gasteiger charge is 2.20. The molecule has 0 aliphatic carbocycles. The minimum Gasteiger partial charge on any atom is -0.337 e. The van der Waals surface area contributed by atoms with Gasteiger partial charge in [0.15, 0.2) is 0 Å². The molecule has 1 aliphatic rings. The Morgan fingerprint density at radius 3 is 2.84 bits per heavy atom. The van der Waals surface area contributed by atoms with Gasteiger partial charge in [0, 0.05) is 31.3 Å². The third-order valence-electron chi connectivity index (χ3n) is 2.97. The van der Waals surface area contributed by atoms with Gasteiger partial charge in [-0.1, -0.05) is 0 Å². The van der Waals surface area contributed by atoms with E-state index in [0.29, 0.717) is 19.6 Å². The van der Waals surface area contributed by atoms with Gasteiger partial charge in [0.25, 0.3) is 11.6 Å². The number of benzene rings is 1. The molecule has 0 radical (unpaired) electrons. The number of carbonyl (C=O) groups is 1. The van der Waals surface area contributed by atoms with E-state index in [-0.39, 0.29) is 11.5 Å². The third-order valence-corrected chi connectivity index (χ3v) is 2.97. The summed E-state index contributed by atoms with van der Waals surface area (Å²) in [4.78, 5) is 23.7. The minimum atomic E-state index is -0.773. The highest BCUT2D eigenvalue weighted by atomic mass is 19.1. The van der Waals surface area contributed by atoms with Crippen molar-refractivity contribution in [1.82, 2.24) is 10.2 Å². The Hall–Kier alpha value is -2.02. The standard InChI is InChI=1S/C12H14FN3O3/c13-10-6-9(7-11(8-10)16(18)19)12(17)15-4-1-2-14-3-5-15/h6-8,14H,1-5H2. The summed E-state index contributed by atoms with van der Waals surface area (Å²) in [7, 11) is 0. The highest BCUT2D eigenvalue weighted by Crippen LogP contribution is 2.18. The van der Waals surface area contributed by atoms with E-state index in [9.17, 15) is 19.3 Å². The maximum atomic E-state index is 13.3. The van der Waals surface area contributed by atoms with Gasteiger partial charge >= 0.3 is 0 Å². The summed E-state index contributed by atoms with van der Waals surface area (Å²) in [5.74, 6) is -1.14. The molecule has 0 unspecified atom stereocenters. The van der Waals surface area contributed by atoms with Gasteiger partial charge < -0.3 is 10.2 Å². The summed E-state index contributed by atoms with van der Waals surface area (Å²) in [5.41, 5.74) is -0.384. The van der Waals surface area contributed by atoms with Crippen LogP contribution in [0.3, 0.4) is 0 Å². The zero-order valence-corrected chi connectivity index (χ0v) is 10.3. The number of carbonyl (C=O) groups excluding carboxylic acids is 1. The molecule has 1 fully saturated rings. The predicted molar refractivity (Wildman–Crippen MR) is 66.4 cm³/mol. The van der Waals surface area contributed by atoms with Crippen molar-refractivity contribution in [3.63, 3.8) is 0 Å². The van der Waals surface area contributed by atoms with Crippen molar-refractivity contribution >= 4 is 11.6 Å². The van der Waals surface area contributed by atoms with Crippen LogP contribution in [0.25, 0.3) is 0 Å². The van der Waals surface area contributed by atoms with Crippen LogP contribution in [-0.2, 0) is 0 Å². The molecule has 1 amide bonds. The second-order valence-corrected chi connectivity index (χ2v) is 4.35. The molecule has 102 valence electrons. The van der Waals surface area contributed by atoms with Crippen LogP contribution in [0.4, 0.5) is 10.1 Å².